The molecule has 1 aromatic carbocycles. The molecule has 0 aliphatic carbocycles. The van der Waals surface area contributed by atoms with Gasteiger partial charge in [-0.2, -0.15) is 0 Å². The molecule has 0 spiro atoms. The van der Waals surface area contributed by atoms with Gasteiger partial charge in [0, 0.05) is 17.5 Å². The Morgan fingerprint density at radius 3 is 2.71 bits per heavy atom. The summed E-state index contributed by atoms with van der Waals surface area (Å²) in [4.78, 5) is 26.5. The van der Waals surface area contributed by atoms with Crippen LogP contribution in [0.2, 0.25) is 0 Å². The van der Waals surface area contributed by atoms with Crippen molar-refractivity contribution in [2.24, 2.45) is 5.73 Å². The number of carbonyl (C=O) groups is 2. The number of carbonyl (C=O) groups excluding carboxylic acids is 2. The lowest BCUT2D eigenvalue weighted by Crippen LogP contribution is -2.30. The molecule has 2 aromatic rings. The molecule has 8 heteroatoms. The van der Waals surface area contributed by atoms with E-state index in [9.17, 15) is 14.0 Å². The van der Waals surface area contributed by atoms with Crippen molar-refractivity contribution < 1.29 is 14.0 Å². The summed E-state index contributed by atoms with van der Waals surface area (Å²) >= 11 is 1.19. The molecule has 150 valence electrons. The average molecular weight is 405 g/mol. The minimum atomic E-state index is -0.665. The van der Waals surface area contributed by atoms with Crippen LogP contribution in [0.3, 0.4) is 0 Å². The number of urea groups is 1. The van der Waals surface area contributed by atoms with Gasteiger partial charge in [-0.1, -0.05) is 12.1 Å². The van der Waals surface area contributed by atoms with Gasteiger partial charge in [0.2, 0.25) is 0 Å². The number of likely N-dealkylation sites (tertiary alicyclic amines) is 1. The van der Waals surface area contributed by atoms with E-state index in [2.05, 4.69) is 15.5 Å². The van der Waals surface area contributed by atoms with Gasteiger partial charge >= 0.3 is 6.03 Å². The van der Waals surface area contributed by atoms with Crippen LogP contribution in [0.25, 0.3) is 11.1 Å². The van der Waals surface area contributed by atoms with Crippen molar-refractivity contribution in [3.8, 4) is 11.1 Å². The van der Waals surface area contributed by atoms with Crippen molar-refractivity contribution in [2.45, 2.75) is 25.7 Å². The van der Waals surface area contributed by atoms with E-state index in [1.54, 1.807) is 17.5 Å². The largest absolute Gasteiger partial charge is 0.365 e. The molecule has 0 atom stereocenters. The van der Waals surface area contributed by atoms with Gasteiger partial charge in [0.1, 0.15) is 10.8 Å². The average Bonchev–Trinajstić information content (AvgIpc) is 3.31. The molecule has 2 heterocycles. The molecule has 1 aliphatic rings. The second-order valence-corrected chi connectivity index (χ2v) is 7.74. The first-order valence-corrected chi connectivity index (χ1v) is 10.4. The van der Waals surface area contributed by atoms with Gasteiger partial charge in [0.15, 0.2) is 0 Å². The van der Waals surface area contributed by atoms with Gasteiger partial charge in [0.25, 0.3) is 5.91 Å². The molecule has 1 aromatic heterocycles. The van der Waals surface area contributed by atoms with Crippen LogP contribution < -0.4 is 16.4 Å². The zero-order valence-corrected chi connectivity index (χ0v) is 16.5. The van der Waals surface area contributed by atoms with Crippen LogP contribution in [-0.2, 0) is 0 Å². The number of hydrogen-bond donors (Lipinski definition) is 3. The van der Waals surface area contributed by atoms with Gasteiger partial charge in [0.05, 0.1) is 5.56 Å². The van der Waals surface area contributed by atoms with Gasteiger partial charge in [-0.25, -0.2) is 9.18 Å². The summed E-state index contributed by atoms with van der Waals surface area (Å²) in [6.07, 6.45) is 4.49. The summed E-state index contributed by atoms with van der Waals surface area (Å²) in [6.45, 7) is 3.98. The van der Waals surface area contributed by atoms with Crippen molar-refractivity contribution in [3.05, 3.63) is 41.0 Å². The number of anilines is 1. The Labute approximate surface area is 167 Å². The summed E-state index contributed by atoms with van der Waals surface area (Å²) in [5, 5.41) is 7.56. The number of rotatable bonds is 8. The number of halogens is 1. The molecule has 0 radical (unpaired) electrons. The molecule has 6 nitrogen and oxygen atoms in total. The Morgan fingerprint density at radius 2 is 2.00 bits per heavy atom. The van der Waals surface area contributed by atoms with Crippen molar-refractivity contribution in [1.29, 1.82) is 0 Å². The smallest absolute Gasteiger partial charge is 0.319 e. The first kappa shape index (κ1) is 20.3. The highest BCUT2D eigenvalue weighted by atomic mass is 32.1. The highest BCUT2D eigenvalue weighted by molar-refractivity contribution is 7.15. The number of unbranched alkanes of at least 4 members (excludes halogenated alkanes) is 1. The predicted octanol–water partition coefficient (Wildman–Crippen LogP) is 3.65. The van der Waals surface area contributed by atoms with E-state index in [-0.39, 0.29) is 11.6 Å². The number of amides is 3. The molecular formula is C20H25FN4O2S. The summed E-state index contributed by atoms with van der Waals surface area (Å²) in [7, 11) is 0. The van der Waals surface area contributed by atoms with E-state index in [0.717, 1.165) is 19.4 Å². The van der Waals surface area contributed by atoms with Gasteiger partial charge in [-0.05, 0) is 63.0 Å². The normalized spacial score (nSPS) is 14.2. The molecule has 4 N–H and O–H groups in total. The Balaban J connectivity index is 1.54. The van der Waals surface area contributed by atoms with Crippen LogP contribution in [0.1, 0.15) is 36.0 Å². The second kappa shape index (κ2) is 9.66. The van der Waals surface area contributed by atoms with Crippen LogP contribution >= 0.6 is 11.3 Å². The fraction of sp³-hybridized carbons (Fsp3) is 0.400. The molecule has 3 rings (SSSR count). The SMILES string of the molecule is NC(=O)c1c(-c2cccc(F)c2)csc1NC(=O)NCCCCN1CCCC1. The topological polar surface area (TPSA) is 87.5 Å². The minimum absolute atomic E-state index is 0.194. The van der Waals surface area contributed by atoms with Crippen molar-refractivity contribution >= 4 is 28.3 Å². The molecular weight excluding hydrogens is 379 g/mol. The third-order valence-corrected chi connectivity index (χ3v) is 5.68. The van der Waals surface area contributed by atoms with E-state index in [4.69, 9.17) is 5.73 Å². The second-order valence-electron chi connectivity index (χ2n) is 6.86. The van der Waals surface area contributed by atoms with E-state index >= 15 is 0 Å². The Morgan fingerprint density at radius 1 is 1.21 bits per heavy atom. The first-order chi connectivity index (χ1) is 13.5. The maximum atomic E-state index is 13.5. The zero-order valence-electron chi connectivity index (χ0n) is 15.7. The number of nitrogens with zero attached hydrogens (tertiary/aromatic N) is 1. The molecule has 0 unspecified atom stereocenters. The quantitative estimate of drug-likeness (QED) is 0.587. The highest BCUT2D eigenvalue weighted by Gasteiger charge is 2.20. The number of nitrogens with one attached hydrogen (secondary N) is 2. The number of primary amides is 1. The fourth-order valence-electron chi connectivity index (χ4n) is 3.38. The lowest BCUT2D eigenvalue weighted by Gasteiger charge is -2.14. The molecule has 1 saturated heterocycles. The van der Waals surface area contributed by atoms with Crippen LogP contribution in [-0.4, -0.2) is 43.0 Å². The maximum absolute atomic E-state index is 13.5. The lowest BCUT2D eigenvalue weighted by atomic mass is 10.0. The Bertz CT molecular complexity index is 833. The van der Waals surface area contributed by atoms with Crippen molar-refractivity contribution in [3.63, 3.8) is 0 Å². The number of benzene rings is 1. The highest BCUT2D eigenvalue weighted by Crippen LogP contribution is 2.35. The summed E-state index contributed by atoms with van der Waals surface area (Å²) in [6, 6.07) is 5.54. The summed E-state index contributed by atoms with van der Waals surface area (Å²) in [5.74, 6) is -1.07. The standard InChI is InChI=1S/C20H25FN4O2S/c21-15-7-5-6-14(12-15)16-13-28-19(17(16)18(22)26)24-20(27)23-8-1-2-9-25-10-3-4-11-25/h5-7,12-13H,1-4,8-11H2,(H2,22,26)(H2,23,24,27). The van der Waals surface area contributed by atoms with Gasteiger partial charge in [-0.15, -0.1) is 11.3 Å². The third-order valence-electron chi connectivity index (χ3n) is 4.79. The summed E-state index contributed by atoms with van der Waals surface area (Å²) in [5.41, 5.74) is 6.76. The van der Waals surface area contributed by atoms with Crippen molar-refractivity contribution in [1.82, 2.24) is 10.2 Å². The Kier molecular flexibility index (Phi) is 7.00. The van der Waals surface area contributed by atoms with Gasteiger partial charge < -0.3 is 16.0 Å². The Hall–Kier alpha value is -2.45. The van der Waals surface area contributed by atoms with Crippen LogP contribution in [0, 0.1) is 5.82 Å². The summed E-state index contributed by atoms with van der Waals surface area (Å²) < 4.78 is 13.5. The lowest BCUT2D eigenvalue weighted by molar-refractivity contribution is 0.100. The molecule has 1 aliphatic heterocycles. The number of hydrogen-bond acceptors (Lipinski definition) is 4. The first-order valence-electron chi connectivity index (χ1n) is 9.49. The monoisotopic (exact) mass is 404 g/mol. The van der Waals surface area contributed by atoms with E-state index in [1.807, 2.05) is 0 Å². The van der Waals surface area contributed by atoms with E-state index in [0.29, 0.717) is 22.7 Å². The molecule has 0 bridgehead atoms. The van der Waals surface area contributed by atoms with Crippen LogP contribution in [0.4, 0.5) is 14.2 Å². The minimum Gasteiger partial charge on any atom is -0.365 e. The molecule has 1 fully saturated rings. The molecule has 28 heavy (non-hydrogen) atoms. The number of nitrogens with two attached hydrogens (primary N) is 1. The van der Waals surface area contributed by atoms with Crippen LogP contribution in [0.15, 0.2) is 29.6 Å². The van der Waals surface area contributed by atoms with Crippen molar-refractivity contribution in [2.75, 3.05) is 31.5 Å². The van der Waals surface area contributed by atoms with E-state index < -0.39 is 11.7 Å². The predicted molar refractivity (Wildman–Crippen MR) is 110 cm³/mol. The maximum Gasteiger partial charge on any atom is 0.319 e. The fourth-order valence-corrected chi connectivity index (χ4v) is 4.35. The van der Waals surface area contributed by atoms with E-state index in [1.165, 1.54) is 49.4 Å². The number of thiophene rings is 1. The van der Waals surface area contributed by atoms with Crippen LogP contribution in [0.5, 0.6) is 0 Å². The molecule has 0 saturated carbocycles. The molecule has 3 amide bonds. The third kappa shape index (κ3) is 5.30. The van der Waals surface area contributed by atoms with Gasteiger partial charge in [-0.3, -0.25) is 10.1 Å². The zero-order chi connectivity index (χ0) is 19.9.